The maximum Gasteiger partial charge on any atom is 0.293 e. The minimum Gasteiger partial charge on any atom is -0.504 e. The second kappa shape index (κ2) is 7.85. The van der Waals surface area contributed by atoms with Crippen molar-refractivity contribution in [1.29, 1.82) is 0 Å². The lowest BCUT2D eigenvalue weighted by atomic mass is 10.1. The highest BCUT2D eigenvalue weighted by Gasteiger charge is 2.35. The van der Waals surface area contributed by atoms with Crippen LogP contribution in [0.15, 0.2) is 47.4 Å². The molecule has 2 aromatic rings. The lowest BCUT2D eigenvalue weighted by Crippen LogP contribution is -2.27. The molecule has 1 aliphatic rings. The number of carbonyl (C=O) groups is 2. The summed E-state index contributed by atoms with van der Waals surface area (Å²) < 4.78 is 5.34. The molecule has 1 saturated heterocycles. The molecule has 3 rings (SSSR count). The number of carbonyl (C=O) groups excluding carboxylic acids is 2. The van der Waals surface area contributed by atoms with Crippen LogP contribution in [0.4, 0.5) is 4.79 Å². The molecule has 2 amide bonds. The minimum absolute atomic E-state index is 0.0276. The number of phenolic OH excluding ortho intramolecular Hbond substituents is 1. The molecule has 1 aliphatic heterocycles. The fourth-order valence-electron chi connectivity index (χ4n) is 2.45. The molecule has 2 aromatic carbocycles. The number of aromatic hydroxyl groups is 1. The van der Waals surface area contributed by atoms with Gasteiger partial charge in [-0.15, -0.1) is 0 Å². The number of rotatable bonds is 5. The van der Waals surface area contributed by atoms with Crippen LogP contribution in [0.1, 0.15) is 18.1 Å². The van der Waals surface area contributed by atoms with Crippen LogP contribution < -0.4 is 4.74 Å². The summed E-state index contributed by atoms with van der Waals surface area (Å²) in [6.07, 6.45) is 1.62. The van der Waals surface area contributed by atoms with Gasteiger partial charge < -0.3 is 9.84 Å². The predicted octanol–water partition coefficient (Wildman–Crippen LogP) is 4.68. The van der Waals surface area contributed by atoms with Gasteiger partial charge in [-0.2, -0.15) is 0 Å². The first-order valence-electron chi connectivity index (χ1n) is 7.93. The Hall–Kier alpha value is -2.44. The average molecular weight is 390 g/mol. The monoisotopic (exact) mass is 389 g/mol. The number of imide groups is 1. The Balaban J connectivity index is 1.80. The van der Waals surface area contributed by atoms with Crippen LogP contribution in [0.3, 0.4) is 0 Å². The lowest BCUT2D eigenvalue weighted by molar-refractivity contribution is -0.123. The van der Waals surface area contributed by atoms with Gasteiger partial charge in [0.15, 0.2) is 11.5 Å². The summed E-state index contributed by atoms with van der Waals surface area (Å²) in [4.78, 5) is 26.3. The third kappa shape index (κ3) is 4.03. The zero-order chi connectivity index (χ0) is 18.7. The summed E-state index contributed by atoms with van der Waals surface area (Å²) in [6.45, 7) is 2.42. The Bertz CT molecular complexity index is 880. The molecule has 0 spiro atoms. The van der Waals surface area contributed by atoms with E-state index in [1.807, 2.05) is 6.92 Å². The van der Waals surface area contributed by atoms with E-state index in [1.54, 1.807) is 42.5 Å². The quantitative estimate of drug-likeness (QED) is 0.752. The summed E-state index contributed by atoms with van der Waals surface area (Å²) in [5, 5.41) is 10.0. The van der Waals surface area contributed by atoms with Gasteiger partial charge in [0.25, 0.3) is 11.1 Å². The van der Waals surface area contributed by atoms with E-state index in [-0.39, 0.29) is 23.4 Å². The van der Waals surface area contributed by atoms with Crippen molar-refractivity contribution in [3.05, 3.63) is 63.5 Å². The van der Waals surface area contributed by atoms with E-state index < -0.39 is 0 Å². The second-order valence-electron chi connectivity index (χ2n) is 5.55. The molecule has 0 aliphatic carbocycles. The van der Waals surface area contributed by atoms with Crippen LogP contribution in [0.25, 0.3) is 6.08 Å². The molecule has 0 aromatic heterocycles. The Labute approximate surface area is 160 Å². The smallest absolute Gasteiger partial charge is 0.293 e. The molecule has 1 heterocycles. The Kier molecular flexibility index (Phi) is 5.54. The summed E-state index contributed by atoms with van der Waals surface area (Å²) >= 11 is 6.75. The SMILES string of the molecule is CCOc1cc(/C=C2/SC(=O)N(Cc3ccc(Cl)cc3)C2=O)ccc1O. The van der Waals surface area contributed by atoms with E-state index in [0.717, 1.165) is 17.3 Å². The molecule has 134 valence electrons. The first-order valence-corrected chi connectivity index (χ1v) is 9.13. The number of thioether (sulfide) groups is 1. The van der Waals surface area contributed by atoms with Gasteiger partial charge in [0.2, 0.25) is 0 Å². The van der Waals surface area contributed by atoms with Gasteiger partial charge in [-0.05, 0) is 60.2 Å². The van der Waals surface area contributed by atoms with Crippen molar-refractivity contribution in [3.63, 3.8) is 0 Å². The van der Waals surface area contributed by atoms with E-state index in [2.05, 4.69) is 0 Å². The molecule has 0 atom stereocenters. The first-order chi connectivity index (χ1) is 12.5. The number of nitrogens with zero attached hydrogens (tertiary/aromatic N) is 1. The van der Waals surface area contributed by atoms with Crippen LogP contribution in [-0.2, 0) is 11.3 Å². The van der Waals surface area contributed by atoms with Crippen molar-refractivity contribution in [2.75, 3.05) is 6.61 Å². The van der Waals surface area contributed by atoms with Gasteiger partial charge in [-0.3, -0.25) is 14.5 Å². The Morgan fingerprint density at radius 2 is 1.92 bits per heavy atom. The zero-order valence-corrected chi connectivity index (χ0v) is 15.5. The molecule has 7 heteroatoms. The van der Waals surface area contributed by atoms with E-state index in [4.69, 9.17) is 16.3 Å². The summed E-state index contributed by atoms with van der Waals surface area (Å²) in [7, 11) is 0. The van der Waals surface area contributed by atoms with Crippen LogP contribution in [0.2, 0.25) is 5.02 Å². The van der Waals surface area contributed by atoms with Crippen molar-refractivity contribution in [2.24, 2.45) is 0 Å². The maximum atomic E-state index is 12.6. The first kappa shape index (κ1) is 18.4. The number of hydrogen-bond acceptors (Lipinski definition) is 5. The maximum absolute atomic E-state index is 12.6. The standard InChI is InChI=1S/C19H16ClNO4S/c1-2-25-16-9-13(5-8-15(16)22)10-17-18(23)21(19(24)26-17)11-12-3-6-14(20)7-4-12/h3-10,22H,2,11H2,1H3/b17-10+. The van der Waals surface area contributed by atoms with Crippen LogP contribution in [0, 0.1) is 0 Å². The highest BCUT2D eigenvalue weighted by Crippen LogP contribution is 2.35. The fourth-order valence-corrected chi connectivity index (χ4v) is 3.42. The van der Waals surface area contributed by atoms with Crippen LogP contribution in [0.5, 0.6) is 11.5 Å². The summed E-state index contributed by atoms with van der Waals surface area (Å²) in [5.41, 5.74) is 1.49. The zero-order valence-electron chi connectivity index (χ0n) is 13.9. The number of phenols is 1. The molecular weight excluding hydrogens is 374 g/mol. The number of halogens is 1. The molecule has 26 heavy (non-hydrogen) atoms. The van der Waals surface area contributed by atoms with Crippen molar-refractivity contribution in [2.45, 2.75) is 13.5 Å². The molecular formula is C19H16ClNO4S. The van der Waals surface area contributed by atoms with Gasteiger partial charge in [0.1, 0.15) is 0 Å². The topological polar surface area (TPSA) is 66.8 Å². The molecule has 1 fully saturated rings. The van der Waals surface area contributed by atoms with Gasteiger partial charge in [0.05, 0.1) is 18.1 Å². The molecule has 1 N–H and O–H groups in total. The Morgan fingerprint density at radius 3 is 2.62 bits per heavy atom. The fraction of sp³-hybridized carbons (Fsp3) is 0.158. The number of ether oxygens (including phenoxy) is 1. The number of amides is 2. The normalized spacial score (nSPS) is 15.8. The minimum atomic E-state index is -0.346. The molecule has 5 nitrogen and oxygen atoms in total. The van der Waals surface area contributed by atoms with E-state index in [1.165, 1.54) is 11.0 Å². The second-order valence-corrected chi connectivity index (χ2v) is 6.98. The van der Waals surface area contributed by atoms with Gasteiger partial charge in [0, 0.05) is 5.02 Å². The molecule has 0 saturated carbocycles. The van der Waals surface area contributed by atoms with Gasteiger partial charge >= 0.3 is 0 Å². The predicted molar refractivity (Wildman–Crippen MR) is 102 cm³/mol. The number of hydrogen-bond donors (Lipinski definition) is 1. The van der Waals surface area contributed by atoms with Crippen LogP contribution >= 0.6 is 23.4 Å². The third-order valence-electron chi connectivity index (χ3n) is 3.71. The number of benzene rings is 2. The molecule has 0 unspecified atom stereocenters. The van der Waals surface area contributed by atoms with Crippen molar-refractivity contribution >= 4 is 40.6 Å². The van der Waals surface area contributed by atoms with Gasteiger partial charge in [-0.1, -0.05) is 29.8 Å². The summed E-state index contributed by atoms with van der Waals surface area (Å²) in [6, 6.07) is 11.8. The van der Waals surface area contributed by atoms with Crippen molar-refractivity contribution in [3.8, 4) is 11.5 Å². The molecule has 0 bridgehead atoms. The summed E-state index contributed by atoms with van der Waals surface area (Å²) in [5.74, 6) is 0.0162. The van der Waals surface area contributed by atoms with Gasteiger partial charge in [-0.25, -0.2) is 0 Å². The highest BCUT2D eigenvalue weighted by molar-refractivity contribution is 8.18. The van der Waals surface area contributed by atoms with Crippen molar-refractivity contribution < 1.29 is 19.4 Å². The van der Waals surface area contributed by atoms with E-state index in [9.17, 15) is 14.7 Å². The molecule has 0 radical (unpaired) electrons. The van der Waals surface area contributed by atoms with Crippen LogP contribution in [-0.4, -0.2) is 27.8 Å². The lowest BCUT2D eigenvalue weighted by Gasteiger charge is -2.12. The Morgan fingerprint density at radius 1 is 1.19 bits per heavy atom. The average Bonchev–Trinajstić information content (AvgIpc) is 2.87. The van der Waals surface area contributed by atoms with E-state index >= 15 is 0 Å². The highest BCUT2D eigenvalue weighted by atomic mass is 35.5. The van der Waals surface area contributed by atoms with E-state index in [0.29, 0.717) is 27.8 Å². The third-order valence-corrected chi connectivity index (χ3v) is 4.87. The van der Waals surface area contributed by atoms with Crippen molar-refractivity contribution in [1.82, 2.24) is 4.90 Å². The largest absolute Gasteiger partial charge is 0.504 e.